The molecule has 2 N–H and O–H groups in total. The molecule has 0 unspecified atom stereocenters. The molecule has 0 saturated carbocycles. The zero-order chi connectivity index (χ0) is 14.4. The fourth-order valence-corrected chi connectivity index (χ4v) is 2.80. The van der Waals surface area contributed by atoms with Crippen molar-refractivity contribution >= 4 is 23.6 Å². The first kappa shape index (κ1) is 14.9. The van der Waals surface area contributed by atoms with Crippen LogP contribution in [-0.4, -0.2) is 41.5 Å². The molecule has 108 valence electrons. The molecular formula is C14H17NO4S. The van der Waals surface area contributed by atoms with Crippen molar-refractivity contribution in [1.29, 1.82) is 0 Å². The Labute approximate surface area is 121 Å². The van der Waals surface area contributed by atoms with Crippen molar-refractivity contribution in [3.05, 3.63) is 30.3 Å². The fraction of sp³-hybridized carbons (Fsp3) is 0.429. The molecule has 1 fully saturated rings. The Morgan fingerprint density at radius 3 is 2.50 bits per heavy atom. The molecule has 1 aliphatic rings. The maximum Gasteiger partial charge on any atom is 0.329 e. The number of hydrogen-bond acceptors (Lipinski definition) is 4. The number of carboxylic acid groups (broad SMARTS) is 1. The molecule has 0 radical (unpaired) electrons. The first-order valence-corrected chi connectivity index (χ1v) is 7.41. The van der Waals surface area contributed by atoms with E-state index in [0.29, 0.717) is 26.1 Å². The summed E-state index contributed by atoms with van der Waals surface area (Å²) in [6.45, 7) is 0.719. The van der Waals surface area contributed by atoms with Gasteiger partial charge in [0.25, 0.3) is 0 Å². The molecule has 0 atom stereocenters. The molecule has 6 heteroatoms. The van der Waals surface area contributed by atoms with Gasteiger partial charge in [0.15, 0.2) is 0 Å². The maximum absolute atomic E-state index is 12.0. The van der Waals surface area contributed by atoms with E-state index in [1.54, 1.807) is 0 Å². The van der Waals surface area contributed by atoms with Crippen LogP contribution in [0.25, 0.3) is 0 Å². The summed E-state index contributed by atoms with van der Waals surface area (Å²) in [6.07, 6.45) is 0.619. The second-order valence-electron chi connectivity index (χ2n) is 4.65. The third-order valence-electron chi connectivity index (χ3n) is 3.25. The van der Waals surface area contributed by atoms with Gasteiger partial charge in [-0.3, -0.25) is 4.79 Å². The molecule has 0 aliphatic carbocycles. The van der Waals surface area contributed by atoms with Crippen molar-refractivity contribution in [3.63, 3.8) is 0 Å². The van der Waals surface area contributed by atoms with Gasteiger partial charge in [-0.2, -0.15) is 0 Å². The third kappa shape index (κ3) is 3.74. The molecule has 1 amide bonds. The Morgan fingerprint density at radius 1 is 1.25 bits per heavy atom. The van der Waals surface area contributed by atoms with E-state index in [2.05, 4.69) is 5.32 Å². The molecule has 20 heavy (non-hydrogen) atoms. The Kier molecular flexibility index (Phi) is 5.03. The summed E-state index contributed by atoms with van der Waals surface area (Å²) in [6, 6.07) is 9.54. The molecule has 2 rings (SSSR count). The number of carboxylic acids is 1. The second kappa shape index (κ2) is 6.76. The summed E-state index contributed by atoms with van der Waals surface area (Å²) in [4.78, 5) is 24.4. The third-order valence-corrected chi connectivity index (χ3v) is 4.26. The summed E-state index contributed by atoms with van der Waals surface area (Å²) in [5, 5.41) is 12.0. The van der Waals surface area contributed by atoms with E-state index in [0.717, 1.165) is 4.90 Å². The van der Waals surface area contributed by atoms with Gasteiger partial charge in [0.2, 0.25) is 5.91 Å². The molecule has 1 aliphatic heterocycles. The largest absolute Gasteiger partial charge is 0.480 e. The number of carbonyl (C=O) groups excluding carboxylic acids is 1. The molecule has 0 aromatic heterocycles. The molecule has 1 heterocycles. The first-order chi connectivity index (χ1) is 9.62. The monoisotopic (exact) mass is 295 g/mol. The van der Waals surface area contributed by atoms with Crippen molar-refractivity contribution in [2.75, 3.05) is 19.0 Å². The lowest BCUT2D eigenvalue weighted by Gasteiger charge is -2.33. The summed E-state index contributed by atoms with van der Waals surface area (Å²) < 4.78 is 5.17. The van der Waals surface area contributed by atoms with Crippen molar-refractivity contribution in [3.8, 4) is 0 Å². The van der Waals surface area contributed by atoms with Crippen LogP contribution in [0.3, 0.4) is 0 Å². The number of benzene rings is 1. The highest BCUT2D eigenvalue weighted by atomic mass is 32.2. The van der Waals surface area contributed by atoms with Crippen molar-refractivity contribution in [1.82, 2.24) is 5.32 Å². The Morgan fingerprint density at radius 2 is 1.90 bits per heavy atom. The lowest BCUT2D eigenvalue weighted by molar-refractivity contribution is -0.151. The Hall–Kier alpha value is -1.53. The van der Waals surface area contributed by atoms with E-state index in [1.165, 1.54) is 11.8 Å². The van der Waals surface area contributed by atoms with Crippen LogP contribution >= 0.6 is 11.8 Å². The zero-order valence-corrected chi connectivity index (χ0v) is 11.8. The van der Waals surface area contributed by atoms with Crippen LogP contribution < -0.4 is 5.32 Å². The highest BCUT2D eigenvalue weighted by Gasteiger charge is 2.41. The first-order valence-electron chi connectivity index (χ1n) is 6.42. The van der Waals surface area contributed by atoms with E-state index in [9.17, 15) is 14.7 Å². The van der Waals surface area contributed by atoms with E-state index in [1.807, 2.05) is 30.3 Å². The smallest absolute Gasteiger partial charge is 0.329 e. The minimum Gasteiger partial charge on any atom is -0.480 e. The van der Waals surface area contributed by atoms with Gasteiger partial charge in [0.05, 0.1) is 5.75 Å². The lowest BCUT2D eigenvalue weighted by Crippen LogP contribution is -2.57. The molecule has 0 spiro atoms. The summed E-state index contributed by atoms with van der Waals surface area (Å²) in [5.41, 5.74) is -1.17. The number of carbonyl (C=O) groups is 2. The summed E-state index contributed by atoms with van der Waals surface area (Å²) in [5.74, 6) is -1.04. The van der Waals surface area contributed by atoms with Crippen molar-refractivity contribution in [2.45, 2.75) is 23.3 Å². The quantitative estimate of drug-likeness (QED) is 0.806. The lowest BCUT2D eigenvalue weighted by atomic mass is 9.90. The predicted molar refractivity (Wildman–Crippen MR) is 75.7 cm³/mol. The minimum atomic E-state index is -1.17. The van der Waals surface area contributed by atoms with Crippen LogP contribution in [-0.2, 0) is 14.3 Å². The van der Waals surface area contributed by atoms with Crippen LogP contribution in [0, 0.1) is 0 Å². The zero-order valence-electron chi connectivity index (χ0n) is 11.0. The highest BCUT2D eigenvalue weighted by molar-refractivity contribution is 8.00. The number of rotatable bonds is 5. The highest BCUT2D eigenvalue weighted by Crippen LogP contribution is 2.22. The fourth-order valence-electron chi connectivity index (χ4n) is 2.08. The topological polar surface area (TPSA) is 75.6 Å². The molecule has 0 bridgehead atoms. The van der Waals surface area contributed by atoms with Gasteiger partial charge in [-0.1, -0.05) is 18.2 Å². The molecule has 1 aromatic rings. The molecule has 1 saturated heterocycles. The van der Waals surface area contributed by atoms with Crippen molar-refractivity contribution < 1.29 is 19.4 Å². The number of thioether (sulfide) groups is 1. The van der Waals surface area contributed by atoms with Crippen LogP contribution in [0.15, 0.2) is 35.2 Å². The average Bonchev–Trinajstić information content (AvgIpc) is 2.47. The van der Waals surface area contributed by atoms with Crippen LogP contribution in [0.2, 0.25) is 0 Å². The summed E-state index contributed by atoms with van der Waals surface area (Å²) in [7, 11) is 0. The van der Waals surface area contributed by atoms with Gasteiger partial charge in [-0.05, 0) is 12.1 Å². The number of nitrogens with one attached hydrogen (secondary N) is 1. The number of aliphatic carboxylic acids is 1. The van der Waals surface area contributed by atoms with E-state index >= 15 is 0 Å². The SMILES string of the molecule is O=C(CSc1ccccc1)NC1(C(=O)O)CCOCC1. The van der Waals surface area contributed by atoms with Crippen LogP contribution in [0.5, 0.6) is 0 Å². The number of amides is 1. The Bertz CT molecular complexity index is 471. The molecule has 5 nitrogen and oxygen atoms in total. The van der Waals surface area contributed by atoms with Gasteiger partial charge in [-0.15, -0.1) is 11.8 Å². The minimum absolute atomic E-state index is 0.208. The molecule has 1 aromatic carbocycles. The van der Waals surface area contributed by atoms with Gasteiger partial charge in [0.1, 0.15) is 5.54 Å². The van der Waals surface area contributed by atoms with Crippen LogP contribution in [0.1, 0.15) is 12.8 Å². The van der Waals surface area contributed by atoms with Gasteiger partial charge in [0, 0.05) is 31.0 Å². The number of hydrogen-bond donors (Lipinski definition) is 2. The molecular weight excluding hydrogens is 278 g/mol. The second-order valence-corrected chi connectivity index (χ2v) is 5.70. The number of ether oxygens (including phenoxy) is 1. The van der Waals surface area contributed by atoms with Gasteiger partial charge in [-0.25, -0.2) is 4.79 Å². The van der Waals surface area contributed by atoms with E-state index in [-0.39, 0.29) is 11.7 Å². The predicted octanol–water partition coefficient (Wildman–Crippen LogP) is 1.53. The van der Waals surface area contributed by atoms with E-state index < -0.39 is 11.5 Å². The standard InChI is InChI=1S/C14H17NO4S/c16-12(10-20-11-4-2-1-3-5-11)15-14(13(17)18)6-8-19-9-7-14/h1-5H,6-10H2,(H,15,16)(H,17,18). The normalized spacial score (nSPS) is 17.4. The average molecular weight is 295 g/mol. The summed E-state index contributed by atoms with van der Waals surface area (Å²) >= 11 is 1.39. The van der Waals surface area contributed by atoms with Crippen molar-refractivity contribution in [2.24, 2.45) is 0 Å². The maximum atomic E-state index is 12.0. The van der Waals surface area contributed by atoms with Gasteiger partial charge >= 0.3 is 5.97 Å². The van der Waals surface area contributed by atoms with Crippen LogP contribution in [0.4, 0.5) is 0 Å². The Balaban J connectivity index is 1.90. The van der Waals surface area contributed by atoms with Gasteiger partial charge < -0.3 is 15.2 Å². The van der Waals surface area contributed by atoms with E-state index in [4.69, 9.17) is 4.74 Å².